The lowest BCUT2D eigenvalue weighted by Gasteiger charge is -2.21. The molecular weight excluding hydrogens is 164 g/mol. The molecular formula is C11H12O2. The molecule has 2 heteroatoms. The predicted molar refractivity (Wildman–Crippen MR) is 46.9 cm³/mol. The van der Waals surface area contributed by atoms with Gasteiger partial charge in [0.2, 0.25) is 0 Å². The molecule has 0 saturated heterocycles. The Morgan fingerprint density at radius 2 is 2.08 bits per heavy atom. The van der Waals surface area contributed by atoms with E-state index in [-0.39, 0.29) is 11.8 Å². The van der Waals surface area contributed by atoms with E-state index >= 15 is 0 Å². The molecule has 68 valence electrons. The van der Waals surface area contributed by atoms with Gasteiger partial charge in [0.05, 0.1) is 0 Å². The molecule has 2 fully saturated rings. The van der Waals surface area contributed by atoms with E-state index in [2.05, 4.69) is 12.2 Å². The van der Waals surface area contributed by atoms with Gasteiger partial charge in [0.1, 0.15) is 12.1 Å². The maximum absolute atomic E-state index is 11.6. The van der Waals surface area contributed by atoms with Crippen molar-refractivity contribution in [1.82, 2.24) is 0 Å². The summed E-state index contributed by atoms with van der Waals surface area (Å²) in [5.41, 5.74) is 0. The normalized spacial score (nSPS) is 51.4. The molecule has 0 aromatic heterocycles. The number of fused-ring (bicyclic) bond motifs is 5. The fourth-order valence-corrected chi connectivity index (χ4v) is 3.54. The summed E-state index contributed by atoms with van der Waals surface area (Å²) in [6.07, 6.45) is 7.01. The number of Topliss-reactive ketones (excluding diaryl/α,β-unsaturated/α-hetero) is 1. The van der Waals surface area contributed by atoms with E-state index in [1.807, 2.05) is 0 Å². The third kappa shape index (κ3) is 0.787. The number of rotatable bonds is 1. The van der Waals surface area contributed by atoms with Crippen LogP contribution >= 0.6 is 0 Å². The fourth-order valence-electron chi connectivity index (χ4n) is 3.54. The van der Waals surface area contributed by atoms with Crippen LogP contribution in [0.2, 0.25) is 0 Å². The lowest BCUT2D eigenvalue weighted by Crippen LogP contribution is -2.22. The van der Waals surface area contributed by atoms with Gasteiger partial charge in [0, 0.05) is 18.3 Å². The average molecular weight is 176 g/mol. The number of aldehydes is 1. The van der Waals surface area contributed by atoms with Crippen molar-refractivity contribution in [3.63, 3.8) is 0 Å². The van der Waals surface area contributed by atoms with Gasteiger partial charge in [-0.2, -0.15) is 0 Å². The second kappa shape index (κ2) is 2.31. The number of hydrogen-bond donors (Lipinski definition) is 0. The van der Waals surface area contributed by atoms with Gasteiger partial charge in [0.25, 0.3) is 0 Å². The van der Waals surface area contributed by atoms with Crippen molar-refractivity contribution in [3.8, 4) is 0 Å². The number of carbonyl (C=O) groups is 2. The highest BCUT2D eigenvalue weighted by Gasteiger charge is 2.55. The van der Waals surface area contributed by atoms with Crippen LogP contribution in [0.5, 0.6) is 0 Å². The molecule has 0 spiro atoms. The van der Waals surface area contributed by atoms with Crippen LogP contribution in [-0.4, -0.2) is 12.1 Å². The Hall–Kier alpha value is -0.920. The van der Waals surface area contributed by atoms with E-state index < -0.39 is 0 Å². The molecule has 3 aliphatic rings. The molecule has 2 nitrogen and oxygen atoms in total. The Morgan fingerprint density at radius 3 is 2.85 bits per heavy atom. The van der Waals surface area contributed by atoms with Gasteiger partial charge < -0.3 is 4.79 Å². The molecule has 0 amide bonds. The number of ketones is 1. The highest BCUT2D eigenvalue weighted by Crippen LogP contribution is 2.55. The Kier molecular flexibility index (Phi) is 1.33. The maximum atomic E-state index is 11.6. The first-order valence-corrected chi connectivity index (χ1v) is 4.97. The second-order valence-corrected chi connectivity index (χ2v) is 4.52. The number of hydrogen-bond acceptors (Lipinski definition) is 2. The summed E-state index contributed by atoms with van der Waals surface area (Å²) in [6, 6.07) is 0. The maximum Gasteiger partial charge on any atom is 0.137 e. The highest BCUT2D eigenvalue weighted by atomic mass is 16.1. The zero-order chi connectivity index (χ0) is 9.00. The first-order valence-electron chi connectivity index (χ1n) is 4.97. The van der Waals surface area contributed by atoms with Crippen LogP contribution in [0.3, 0.4) is 0 Å². The zero-order valence-corrected chi connectivity index (χ0v) is 7.35. The van der Waals surface area contributed by atoms with Gasteiger partial charge in [-0.3, -0.25) is 4.79 Å². The predicted octanol–water partition coefficient (Wildman–Crippen LogP) is 1.21. The molecule has 3 aliphatic carbocycles. The minimum absolute atomic E-state index is 0.0254. The number of allylic oxidation sites excluding steroid dienone is 2. The summed E-state index contributed by atoms with van der Waals surface area (Å²) in [5.74, 6) is 1.91. The fraction of sp³-hybridized carbons (Fsp3) is 0.636. The summed E-state index contributed by atoms with van der Waals surface area (Å²) >= 11 is 0. The average Bonchev–Trinajstić information content (AvgIpc) is 2.76. The Balaban J connectivity index is 2.01. The first kappa shape index (κ1) is 7.48. The van der Waals surface area contributed by atoms with Gasteiger partial charge in [-0.15, -0.1) is 0 Å². The zero-order valence-electron chi connectivity index (χ0n) is 7.35. The van der Waals surface area contributed by atoms with Gasteiger partial charge in [-0.05, 0) is 24.2 Å². The quantitative estimate of drug-likeness (QED) is 0.444. The van der Waals surface area contributed by atoms with E-state index in [1.54, 1.807) is 0 Å². The number of carbonyl (C=O) groups excluding carboxylic acids is 2. The van der Waals surface area contributed by atoms with E-state index in [0.717, 1.165) is 12.7 Å². The van der Waals surface area contributed by atoms with Crippen molar-refractivity contribution >= 4 is 12.1 Å². The molecule has 3 unspecified atom stereocenters. The molecule has 13 heavy (non-hydrogen) atoms. The van der Waals surface area contributed by atoms with E-state index in [0.29, 0.717) is 30.0 Å². The summed E-state index contributed by atoms with van der Waals surface area (Å²) in [5, 5.41) is 0. The van der Waals surface area contributed by atoms with Gasteiger partial charge >= 0.3 is 0 Å². The topological polar surface area (TPSA) is 34.1 Å². The van der Waals surface area contributed by atoms with Crippen LogP contribution in [-0.2, 0) is 9.59 Å². The van der Waals surface area contributed by atoms with Crippen molar-refractivity contribution in [2.24, 2.45) is 29.6 Å². The van der Waals surface area contributed by atoms with Crippen LogP contribution < -0.4 is 0 Å². The molecule has 0 N–H and O–H groups in total. The molecule has 2 bridgehead atoms. The smallest absolute Gasteiger partial charge is 0.137 e. The molecule has 0 aromatic carbocycles. The lowest BCUT2D eigenvalue weighted by molar-refractivity contribution is -0.122. The van der Waals surface area contributed by atoms with Gasteiger partial charge in [0.15, 0.2) is 0 Å². The molecule has 0 aromatic rings. The summed E-state index contributed by atoms with van der Waals surface area (Å²) in [6.45, 7) is 0. The van der Waals surface area contributed by atoms with Crippen molar-refractivity contribution in [2.45, 2.75) is 12.8 Å². The largest absolute Gasteiger partial charge is 0.303 e. The second-order valence-electron chi connectivity index (χ2n) is 4.52. The van der Waals surface area contributed by atoms with Crippen molar-refractivity contribution in [2.75, 3.05) is 0 Å². The van der Waals surface area contributed by atoms with Crippen molar-refractivity contribution < 1.29 is 9.59 Å². The minimum Gasteiger partial charge on any atom is -0.303 e. The Labute approximate surface area is 77.0 Å². The van der Waals surface area contributed by atoms with Crippen LogP contribution in [0, 0.1) is 29.6 Å². The van der Waals surface area contributed by atoms with Crippen molar-refractivity contribution in [1.29, 1.82) is 0 Å². The van der Waals surface area contributed by atoms with E-state index in [1.165, 1.54) is 0 Å². The molecule has 5 atom stereocenters. The molecule has 0 heterocycles. The Bertz CT molecular complexity index is 305. The third-order valence-electron chi connectivity index (χ3n) is 4.00. The van der Waals surface area contributed by atoms with Crippen LogP contribution in [0.15, 0.2) is 12.2 Å². The monoisotopic (exact) mass is 176 g/mol. The van der Waals surface area contributed by atoms with Gasteiger partial charge in [-0.25, -0.2) is 0 Å². The summed E-state index contributed by atoms with van der Waals surface area (Å²) < 4.78 is 0. The van der Waals surface area contributed by atoms with Gasteiger partial charge in [-0.1, -0.05) is 12.2 Å². The van der Waals surface area contributed by atoms with Crippen molar-refractivity contribution in [3.05, 3.63) is 12.2 Å². The molecule has 0 radical (unpaired) electrons. The summed E-state index contributed by atoms with van der Waals surface area (Å²) in [7, 11) is 0. The Morgan fingerprint density at radius 1 is 1.31 bits per heavy atom. The molecule has 0 aliphatic heterocycles. The SMILES string of the molecule is O=CC1CC(=O)C2C1[C@H]1C=C[C@@H]2C1. The van der Waals surface area contributed by atoms with E-state index in [9.17, 15) is 9.59 Å². The molecule has 3 rings (SSSR count). The van der Waals surface area contributed by atoms with E-state index in [4.69, 9.17) is 0 Å². The summed E-state index contributed by atoms with van der Waals surface area (Å²) in [4.78, 5) is 22.4. The standard InChI is InChI=1S/C11H12O2/c12-5-8-4-9(13)11-7-2-1-6(3-7)10(8)11/h1-2,5-8,10-11H,3-4H2/t6-,7+,8?,10?,11?/m0/s1. The molecule has 2 saturated carbocycles. The first-order chi connectivity index (χ1) is 6.31. The van der Waals surface area contributed by atoms with Crippen LogP contribution in [0.1, 0.15) is 12.8 Å². The van der Waals surface area contributed by atoms with Crippen LogP contribution in [0.4, 0.5) is 0 Å². The highest BCUT2D eigenvalue weighted by molar-refractivity contribution is 5.88. The minimum atomic E-state index is 0.0254. The van der Waals surface area contributed by atoms with Crippen LogP contribution in [0.25, 0.3) is 0 Å². The third-order valence-corrected chi connectivity index (χ3v) is 4.00. The lowest BCUT2D eigenvalue weighted by atomic mass is 9.82.